The summed E-state index contributed by atoms with van der Waals surface area (Å²) in [6, 6.07) is 0. The van der Waals surface area contributed by atoms with Crippen LogP contribution in [0, 0.1) is 0 Å². The quantitative estimate of drug-likeness (QED) is 0.349. The second-order valence-corrected chi connectivity index (χ2v) is 2.44. The summed E-state index contributed by atoms with van der Waals surface area (Å²) in [5.74, 6) is -2.65. The maximum Gasteiger partial charge on any atom is 0.343 e. The van der Waals surface area contributed by atoms with Crippen LogP contribution in [0.15, 0.2) is 11.1 Å². The summed E-state index contributed by atoms with van der Waals surface area (Å²) in [6.45, 7) is 0. The van der Waals surface area contributed by atoms with E-state index < -0.39 is 17.5 Å². The van der Waals surface area contributed by atoms with Crippen LogP contribution in [0.1, 0.15) is 19.3 Å². The Bertz CT molecular complexity index is 217. The molecule has 1 rings (SSSR count). The minimum absolute atomic E-state index is 0.434. The van der Waals surface area contributed by atoms with Gasteiger partial charge in [-0.15, -0.1) is 0 Å². The van der Waals surface area contributed by atoms with Crippen LogP contribution in [-0.4, -0.2) is 22.2 Å². The average Bonchev–Trinajstić information content (AvgIpc) is 1.75. The van der Waals surface area contributed by atoms with E-state index in [1.54, 1.807) is 0 Å². The Morgan fingerprint density at radius 1 is 1.09 bits per heavy atom. The van der Waals surface area contributed by atoms with Gasteiger partial charge in [0.15, 0.2) is 0 Å². The van der Waals surface area contributed by atoms with Crippen LogP contribution in [0.2, 0.25) is 0 Å². The summed E-state index contributed by atoms with van der Waals surface area (Å²) in [6.07, 6.45) is 2.14. The van der Waals surface area contributed by atoms with Gasteiger partial charge in [0.2, 0.25) is 0 Å². The number of carboxylic acid groups (broad SMARTS) is 2. The second-order valence-electron chi connectivity index (χ2n) is 2.44. The van der Waals surface area contributed by atoms with Gasteiger partial charge < -0.3 is 10.2 Å². The number of hydrogen-bond acceptors (Lipinski definition) is 2. The molecule has 60 valence electrons. The summed E-state index contributed by atoms with van der Waals surface area (Å²) in [5, 5.41) is 16.9. The number of carboxylic acids is 2. The summed E-state index contributed by atoms with van der Waals surface area (Å²) in [7, 11) is 0. The normalized spacial score (nSPS) is 15.5. The zero-order chi connectivity index (χ0) is 8.43. The first-order valence-corrected chi connectivity index (χ1v) is 3.31. The van der Waals surface area contributed by atoms with E-state index in [0.29, 0.717) is 18.4 Å². The van der Waals surface area contributed by atoms with Gasteiger partial charge in [0.25, 0.3) is 0 Å². The molecule has 1 aliphatic rings. The van der Waals surface area contributed by atoms with Crippen molar-refractivity contribution in [3.63, 3.8) is 0 Å². The van der Waals surface area contributed by atoms with Crippen LogP contribution in [0.4, 0.5) is 0 Å². The van der Waals surface area contributed by atoms with E-state index in [1.165, 1.54) is 0 Å². The minimum atomic E-state index is -1.33. The Labute approximate surface area is 63.1 Å². The molecule has 11 heavy (non-hydrogen) atoms. The van der Waals surface area contributed by atoms with Crippen LogP contribution in [0.3, 0.4) is 0 Å². The fraction of sp³-hybridized carbons (Fsp3) is 0.429. The molecule has 0 aromatic rings. The Hall–Kier alpha value is -1.32. The van der Waals surface area contributed by atoms with Gasteiger partial charge in [0, 0.05) is 0 Å². The molecule has 0 aromatic carbocycles. The fourth-order valence-corrected chi connectivity index (χ4v) is 0.997. The Balaban J connectivity index is 2.91. The predicted octanol–water partition coefficient (Wildman–Crippen LogP) is 0.636. The molecular weight excluding hydrogens is 148 g/mol. The van der Waals surface area contributed by atoms with Crippen molar-refractivity contribution < 1.29 is 19.8 Å². The molecule has 0 amide bonds. The lowest BCUT2D eigenvalue weighted by molar-refractivity contribution is -0.140. The van der Waals surface area contributed by atoms with E-state index in [4.69, 9.17) is 10.2 Å². The van der Waals surface area contributed by atoms with Crippen LogP contribution >= 0.6 is 0 Å². The lowest BCUT2D eigenvalue weighted by Crippen LogP contribution is -2.17. The van der Waals surface area contributed by atoms with E-state index in [9.17, 15) is 9.59 Å². The van der Waals surface area contributed by atoms with Crippen molar-refractivity contribution in [2.75, 3.05) is 0 Å². The summed E-state index contributed by atoms with van der Waals surface area (Å²) < 4.78 is 0. The van der Waals surface area contributed by atoms with Crippen LogP contribution in [0.5, 0.6) is 0 Å². The third-order valence-electron chi connectivity index (χ3n) is 1.74. The zero-order valence-corrected chi connectivity index (χ0v) is 5.83. The smallest absolute Gasteiger partial charge is 0.343 e. The molecule has 0 saturated heterocycles. The molecule has 0 heterocycles. The Morgan fingerprint density at radius 3 is 1.64 bits per heavy atom. The van der Waals surface area contributed by atoms with Gasteiger partial charge in [0.1, 0.15) is 5.57 Å². The van der Waals surface area contributed by atoms with Gasteiger partial charge in [-0.05, 0) is 24.8 Å². The monoisotopic (exact) mass is 156 g/mol. The van der Waals surface area contributed by atoms with Crippen molar-refractivity contribution in [1.82, 2.24) is 0 Å². The molecule has 0 radical (unpaired) electrons. The lowest BCUT2D eigenvalue weighted by atomic mass is 9.88. The molecule has 4 heteroatoms. The van der Waals surface area contributed by atoms with Crippen molar-refractivity contribution in [2.24, 2.45) is 0 Å². The fourth-order valence-electron chi connectivity index (χ4n) is 0.997. The van der Waals surface area contributed by atoms with E-state index in [2.05, 4.69) is 0 Å². The maximum absolute atomic E-state index is 10.3. The van der Waals surface area contributed by atoms with Gasteiger partial charge in [-0.1, -0.05) is 0 Å². The molecule has 1 saturated carbocycles. The first kappa shape index (κ1) is 7.78. The van der Waals surface area contributed by atoms with Crippen LogP contribution in [-0.2, 0) is 9.59 Å². The maximum atomic E-state index is 10.3. The molecule has 0 atom stereocenters. The molecule has 4 nitrogen and oxygen atoms in total. The van der Waals surface area contributed by atoms with E-state index in [1.807, 2.05) is 0 Å². The van der Waals surface area contributed by atoms with Gasteiger partial charge in [-0.3, -0.25) is 0 Å². The SMILES string of the molecule is O=C(O)C(C(=O)O)=C1CCC1. The molecule has 0 aliphatic heterocycles. The van der Waals surface area contributed by atoms with E-state index in [0.717, 1.165) is 6.42 Å². The van der Waals surface area contributed by atoms with E-state index in [-0.39, 0.29) is 0 Å². The van der Waals surface area contributed by atoms with Gasteiger partial charge in [-0.25, -0.2) is 9.59 Å². The van der Waals surface area contributed by atoms with Crippen molar-refractivity contribution in [2.45, 2.75) is 19.3 Å². The topological polar surface area (TPSA) is 74.6 Å². The third kappa shape index (κ3) is 1.39. The van der Waals surface area contributed by atoms with Gasteiger partial charge >= 0.3 is 11.9 Å². The molecule has 1 fully saturated rings. The highest BCUT2D eigenvalue weighted by atomic mass is 16.4. The molecule has 0 spiro atoms. The van der Waals surface area contributed by atoms with Gasteiger partial charge in [0.05, 0.1) is 0 Å². The molecule has 0 unspecified atom stereocenters. The van der Waals surface area contributed by atoms with Crippen molar-refractivity contribution >= 4 is 11.9 Å². The van der Waals surface area contributed by atoms with Crippen molar-refractivity contribution in [3.8, 4) is 0 Å². The van der Waals surface area contributed by atoms with E-state index >= 15 is 0 Å². The molecule has 2 N–H and O–H groups in total. The number of aliphatic carboxylic acids is 2. The molecular formula is C7H8O4. The minimum Gasteiger partial charge on any atom is -0.477 e. The first-order valence-electron chi connectivity index (χ1n) is 3.31. The van der Waals surface area contributed by atoms with Crippen LogP contribution in [0.25, 0.3) is 0 Å². The Kier molecular flexibility index (Phi) is 1.94. The summed E-state index contributed by atoms with van der Waals surface area (Å²) >= 11 is 0. The number of carbonyl (C=O) groups is 2. The Morgan fingerprint density at radius 2 is 1.55 bits per heavy atom. The number of rotatable bonds is 2. The highest BCUT2D eigenvalue weighted by Gasteiger charge is 2.24. The lowest BCUT2D eigenvalue weighted by Gasteiger charge is -2.17. The third-order valence-corrected chi connectivity index (χ3v) is 1.74. The largest absolute Gasteiger partial charge is 0.477 e. The van der Waals surface area contributed by atoms with Crippen molar-refractivity contribution in [1.29, 1.82) is 0 Å². The first-order chi connectivity index (χ1) is 5.13. The second kappa shape index (κ2) is 2.74. The summed E-state index contributed by atoms with van der Waals surface area (Å²) in [5.41, 5.74) is 0.126. The number of allylic oxidation sites excluding steroid dienone is 1. The standard InChI is InChI=1S/C7H8O4/c8-6(9)5(7(10)11)4-2-1-3-4/h1-3H2,(H,8,9)(H,10,11). The predicted molar refractivity (Wildman–Crippen MR) is 36.1 cm³/mol. The van der Waals surface area contributed by atoms with Gasteiger partial charge in [-0.2, -0.15) is 0 Å². The number of hydrogen-bond donors (Lipinski definition) is 2. The highest BCUT2D eigenvalue weighted by molar-refractivity contribution is 6.13. The highest BCUT2D eigenvalue weighted by Crippen LogP contribution is 2.28. The molecule has 0 aromatic heterocycles. The zero-order valence-electron chi connectivity index (χ0n) is 5.83. The molecule has 0 bridgehead atoms. The average molecular weight is 156 g/mol. The summed E-state index contributed by atoms with van der Waals surface area (Å²) in [4.78, 5) is 20.7. The molecule has 1 aliphatic carbocycles. The van der Waals surface area contributed by atoms with Crippen LogP contribution < -0.4 is 0 Å². The van der Waals surface area contributed by atoms with Crippen molar-refractivity contribution in [3.05, 3.63) is 11.1 Å².